The number of fused-ring (bicyclic) bond motifs is 1. The van der Waals surface area contributed by atoms with Gasteiger partial charge < -0.3 is 10.6 Å². The molecule has 34 heavy (non-hydrogen) atoms. The van der Waals surface area contributed by atoms with Crippen LogP contribution in [0.1, 0.15) is 44.9 Å². The maximum Gasteiger partial charge on any atom is 0.255 e. The molecule has 2 N–H and O–H groups in total. The molecule has 0 saturated heterocycles. The molecule has 0 aliphatic rings. The van der Waals surface area contributed by atoms with Gasteiger partial charge in [0.05, 0.1) is 6.20 Å². The van der Waals surface area contributed by atoms with Gasteiger partial charge in [-0.25, -0.2) is 9.50 Å². The fourth-order valence-electron chi connectivity index (χ4n) is 3.83. The van der Waals surface area contributed by atoms with E-state index in [1.165, 1.54) is 6.20 Å². The number of nitriles is 1. The topological polar surface area (TPSA) is 112 Å². The van der Waals surface area contributed by atoms with E-state index in [0.717, 1.165) is 28.2 Å². The molecule has 4 aromatic rings. The van der Waals surface area contributed by atoms with Gasteiger partial charge in [0.2, 0.25) is 5.91 Å². The number of hydrogen-bond donors (Lipinski definition) is 2. The minimum atomic E-state index is -0.202. The second-order valence-electron chi connectivity index (χ2n) is 7.96. The highest BCUT2D eigenvalue weighted by molar-refractivity contribution is 6.04. The number of amides is 2. The standard InChI is InChI=1S/C26H24N6O2/c1-17-23(18(2)32-25(30-17)21(14-27)16-29-32)11-12-24(33)28-15-19-7-6-8-20(13-19)26(34)31-22-9-4-3-5-10-22/h3-10,13,16H,11-12,15H2,1-2H3,(H,28,33)(H,31,34). The maximum absolute atomic E-state index is 12.5. The molecule has 0 bridgehead atoms. The second kappa shape index (κ2) is 9.96. The van der Waals surface area contributed by atoms with Crippen molar-refractivity contribution < 1.29 is 9.59 Å². The van der Waals surface area contributed by atoms with E-state index in [1.54, 1.807) is 22.7 Å². The summed E-state index contributed by atoms with van der Waals surface area (Å²) in [6.45, 7) is 4.11. The van der Waals surface area contributed by atoms with Crippen LogP contribution in [0.4, 0.5) is 5.69 Å². The Morgan fingerprint density at radius 2 is 1.88 bits per heavy atom. The van der Waals surface area contributed by atoms with Gasteiger partial charge in [-0.3, -0.25) is 9.59 Å². The summed E-state index contributed by atoms with van der Waals surface area (Å²) in [5.41, 5.74) is 5.64. The fourth-order valence-corrected chi connectivity index (χ4v) is 3.83. The number of benzene rings is 2. The molecule has 0 radical (unpaired) electrons. The summed E-state index contributed by atoms with van der Waals surface area (Å²) in [6.07, 6.45) is 2.29. The second-order valence-corrected chi connectivity index (χ2v) is 7.96. The summed E-state index contributed by atoms with van der Waals surface area (Å²) < 4.78 is 1.64. The molecular weight excluding hydrogens is 428 g/mol. The lowest BCUT2D eigenvalue weighted by Gasteiger charge is -2.12. The molecule has 2 heterocycles. The van der Waals surface area contributed by atoms with Crippen LogP contribution in [0.5, 0.6) is 0 Å². The van der Waals surface area contributed by atoms with Gasteiger partial charge in [0.25, 0.3) is 5.91 Å². The van der Waals surface area contributed by atoms with Crippen LogP contribution in [0.25, 0.3) is 5.65 Å². The van der Waals surface area contributed by atoms with Crippen molar-refractivity contribution in [3.8, 4) is 6.07 Å². The average molecular weight is 453 g/mol. The van der Waals surface area contributed by atoms with Crippen molar-refractivity contribution in [3.63, 3.8) is 0 Å². The summed E-state index contributed by atoms with van der Waals surface area (Å²) in [6, 6.07) is 18.5. The molecule has 0 aliphatic heterocycles. The molecule has 0 atom stereocenters. The zero-order chi connectivity index (χ0) is 24.1. The number of nitrogens with zero attached hydrogens (tertiary/aromatic N) is 4. The van der Waals surface area contributed by atoms with Crippen LogP contribution in [-0.2, 0) is 17.8 Å². The zero-order valence-corrected chi connectivity index (χ0v) is 19.0. The van der Waals surface area contributed by atoms with Gasteiger partial charge in [-0.05, 0) is 55.7 Å². The van der Waals surface area contributed by atoms with E-state index in [-0.39, 0.29) is 18.2 Å². The monoisotopic (exact) mass is 452 g/mol. The molecule has 0 saturated carbocycles. The van der Waals surface area contributed by atoms with Crippen molar-refractivity contribution in [2.75, 3.05) is 5.32 Å². The molecule has 0 fully saturated rings. The number of carbonyl (C=O) groups is 2. The molecule has 2 amide bonds. The third-order valence-corrected chi connectivity index (χ3v) is 5.64. The van der Waals surface area contributed by atoms with Gasteiger partial charge in [0.1, 0.15) is 11.6 Å². The number of nitrogens with one attached hydrogen (secondary N) is 2. The first-order valence-electron chi connectivity index (χ1n) is 10.9. The Kier molecular flexibility index (Phi) is 6.64. The summed E-state index contributed by atoms with van der Waals surface area (Å²) in [5, 5.41) is 19.2. The Morgan fingerprint density at radius 3 is 2.65 bits per heavy atom. The molecule has 170 valence electrons. The molecule has 2 aromatic heterocycles. The van der Waals surface area contributed by atoms with Crippen LogP contribution in [0.3, 0.4) is 0 Å². The number of para-hydroxylation sites is 1. The number of hydrogen-bond acceptors (Lipinski definition) is 5. The van der Waals surface area contributed by atoms with E-state index in [2.05, 4.69) is 26.8 Å². The quantitative estimate of drug-likeness (QED) is 0.444. The van der Waals surface area contributed by atoms with Crippen LogP contribution in [-0.4, -0.2) is 26.4 Å². The Balaban J connectivity index is 1.35. The molecule has 0 aliphatic carbocycles. The predicted octanol–water partition coefficient (Wildman–Crippen LogP) is 3.72. The molecule has 4 rings (SSSR count). The molecular formula is C26H24N6O2. The first-order valence-corrected chi connectivity index (χ1v) is 10.9. The Labute approximate surface area is 197 Å². The number of carbonyl (C=O) groups excluding carboxylic acids is 2. The highest BCUT2D eigenvalue weighted by Crippen LogP contribution is 2.18. The summed E-state index contributed by atoms with van der Waals surface area (Å²) in [7, 11) is 0. The van der Waals surface area contributed by atoms with Crippen molar-refractivity contribution in [1.82, 2.24) is 19.9 Å². The van der Waals surface area contributed by atoms with Crippen molar-refractivity contribution in [3.05, 3.63) is 94.4 Å². The first kappa shape index (κ1) is 22.7. The summed E-state index contributed by atoms with van der Waals surface area (Å²) in [4.78, 5) is 29.5. The van der Waals surface area contributed by atoms with E-state index in [9.17, 15) is 14.9 Å². The van der Waals surface area contributed by atoms with Gasteiger partial charge in [-0.2, -0.15) is 10.4 Å². The van der Waals surface area contributed by atoms with Gasteiger partial charge in [0.15, 0.2) is 5.65 Å². The van der Waals surface area contributed by atoms with Crippen molar-refractivity contribution >= 4 is 23.1 Å². The number of anilines is 1. The average Bonchev–Trinajstić information content (AvgIpc) is 3.26. The van der Waals surface area contributed by atoms with Gasteiger partial charge in [-0.1, -0.05) is 30.3 Å². The van der Waals surface area contributed by atoms with E-state index in [1.807, 2.05) is 50.2 Å². The fraction of sp³-hybridized carbons (Fsp3) is 0.192. The lowest BCUT2D eigenvalue weighted by molar-refractivity contribution is -0.121. The Morgan fingerprint density at radius 1 is 1.09 bits per heavy atom. The number of aryl methyl sites for hydroxylation is 2. The molecule has 0 unspecified atom stereocenters. The van der Waals surface area contributed by atoms with Crippen molar-refractivity contribution in [2.24, 2.45) is 0 Å². The van der Waals surface area contributed by atoms with E-state index in [0.29, 0.717) is 29.7 Å². The normalized spacial score (nSPS) is 10.6. The third-order valence-electron chi connectivity index (χ3n) is 5.64. The van der Waals surface area contributed by atoms with Gasteiger partial charge >= 0.3 is 0 Å². The lowest BCUT2D eigenvalue weighted by atomic mass is 10.1. The van der Waals surface area contributed by atoms with E-state index in [4.69, 9.17) is 0 Å². The van der Waals surface area contributed by atoms with Crippen LogP contribution in [0.15, 0.2) is 60.8 Å². The molecule has 8 heteroatoms. The molecule has 2 aromatic carbocycles. The first-order chi connectivity index (χ1) is 16.5. The van der Waals surface area contributed by atoms with Crippen molar-refractivity contribution in [2.45, 2.75) is 33.2 Å². The minimum Gasteiger partial charge on any atom is -0.352 e. The third kappa shape index (κ3) is 4.94. The van der Waals surface area contributed by atoms with Gasteiger partial charge in [0, 0.05) is 35.6 Å². The predicted molar refractivity (Wildman–Crippen MR) is 128 cm³/mol. The van der Waals surface area contributed by atoms with Crippen LogP contribution >= 0.6 is 0 Å². The minimum absolute atomic E-state index is 0.101. The van der Waals surface area contributed by atoms with Crippen LogP contribution in [0.2, 0.25) is 0 Å². The van der Waals surface area contributed by atoms with Crippen molar-refractivity contribution in [1.29, 1.82) is 5.26 Å². The smallest absolute Gasteiger partial charge is 0.255 e. The van der Waals surface area contributed by atoms with Crippen LogP contribution in [0, 0.1) is 25.2 Å². The zero-order valence-electron chi connectivity index (χ0n) is 19.0. The highest BCUT2D eigenvalue weighted by atomic mass is 16.2. The lowest BCUT2D eigenvalue weighted by Crippen LogP contribution is -2.23. The highest BCUT2D eigenvalue weighted by Gasteiger charge is 2.15. The Bertz CT molecular complexity index is 1400. The van der Waals surface area contributed by atoms with Crippen LogP contribution < -0.4 is 10.6 Å². The Hall–Kier alpha value is -4.51. The molecule has 0 spiro atoms. The maximum atomic E-state index is 12.5. The number of aromatic nitrogens is 3. The summed E-state index contributed by atoms with van der Waals surface area (Å²) in [5.74, 6) is -0.303. The largest absolute Gasteiger partial charge is 0.352 e. The van der Waals surface area contributed by atoms with E-state index < -0.39 is 0 Å². The summed E-state index contributed by atoms with van der Waals surface area (Å²) >= 11 is 0. The van der Waals surface area contributed by atoms with Gasteiger partial charge in [-0.15, -0.1) is 0 Å². The molecule has 8 nitrogen and oxygen atoms in total. The van der Waals surface area contributed by atoms with E-state index >= 15 is 0 Å². The SMILES string of the molecule is Cc1nc2c(C#N)cnn2c(C)c1CCC(=O)NCc1cccc(C(=O)Nc2ccccc2)c1. The number of rotatable bonds is 7.